The van der Waals surface area contributed by atoms with Crippen LogP contribution in [0.5, 0.6) is 0 Å². The van der Waals surface area contributed by atoms with E-state index in [1.165, 1.54) is 0 Å². The maximum atomic E-state index is 9.58. The van der Waals surface area contributed by atoms with Crippen LogP contribution in [0.1, 0.15) is 0 Å². The first-order valence-electron chi connectivity index (χ1n) is 1.47. The molecule has 1 unspecified atom stereocenters. The SMILES string of the molecule is NC=CO[P+](=O)O. The molecule has 1 atom stereocenters. The lowest BCUT2D eigenvalue weighted by atomic mass is 11.0. The van der Waals surface area contributed by atoms with Crippen molar-refractivity contribution in [3.05, 3.63) is 12.5 Å². The zero-order valence-corrected chi connectivity index (χ0v) is 4.34. The summed E-state index contributed by atoms with van der Waals surface area (Å²) in [5, 5.41) is 0. The second kappa shape index (κ2) is 3.59. The van der Waals surface area contributed by atoms with Crippen LogP contribution < -0.4 is 5.73 Å². The first-order chi connectivity index (χ1) is 3.27. The molecule has 40 valence electrons. The first kappa shape index (κ1) is 6.40. The molecule has 0 aromatic heterocycles. The summed E-state index contributed by atoms with van der Waals surface area (Å²) in [5.74, 6) is 0. The molecule has 0 aliphatic carbocycles. The van der Waals surface area contributed by atoms with Crippen molar-refractivity contribution in [1.82, 2.24) is 0 Å². The molecule has 0 aliphatic rings. The maximum Gasteiger partial charge on any atom is 0.746 e. The zero-order chi connectivity index (χ0) is 5.70. The van der Waals surface area contributed by atoms with Gasteiger partial charge in [0.2, 0.25) is 0 Å². The molecule has 7 heavy (non-hydrogen) atoms. The Morgan fingerprint density at radius 1 is 1.86 bits per heavy atom. The van der Waals surface area contributed by atoms with E-state index in [1.807, 2.05) is 0 Å². The monoisotopic (exact) mass is 122 g/mol. The molecule has 0 aromatic carbocycles. The topological polar surface area (TPSA) is 72.5 Å². The molecule has 0 saturated heterocycles. The second-order valence-electron chi connectivity index (χ2n) is 0.672. The van der Waals surface area contributed by atoms with E-state index in [9.17, 15) is 4.57 Å². The van der Waals surface area contributed by atoms with Crippen LogP contribution in [0, 0.1) is 0 Å². The highest BCUT2D eigenvalue weighted by Crippen LogP contribution is 2.13. The molecule has 0 amide bonds. The molecule has 0 bridgehead atoms. The molecular formula is C2H5NO3P+. The average Bonchev–Trinajstić information content (AvgIpc) is 1.61. The van der Waals surface area contributed by atoms with Gasteiger partial charge in [0.25, 0.3) is 0 Å². The van der Waals surface area contributed by atoms with Crippen molar-refractivity contribution in [3.8, 4) is 0 Å². The van der Waals surface area contributed by atoms with E-state index in [-0.39, 0.29) is 0 Å². The van der Waals surface area contributed by atoms with E-state index in [0.717, 1.165) is 12.5 Å². The second-order valence-corrected chi connectivity index (χ2v) is 1.36. The third-order valence-corrected chi connectivity index (χ3v) is 0.532. The lowest BCUT2D eigenvalue weighted by Crippen LogP contribution is -1.74. The van der Waals surface area contributed by atoms with Crippen molar-refractivity contribution in [2.24, 2.45) is 5.73 Å². The molecule has 0 aliphatic heterocycles. The largest absolute Gasteiger partial charge is 0.746 e. The van der Waals surface area contributed by atoms with E-state index in [1.54, 1.807) is 0 Å². The van der Waals surface area contributed by atoms with Gasteiger partial charge < -0.3 is 5.73 Å². The standard InChI is InChI=1S/C2H4NO3P/c3-1-2-6-7(4)5/h1-2H,3H2/p+1. The minimum Gasteiger partial charge on any atom is -0.402 e. The molecule has 0 heterocycles. The average molecular weight is 122 g/mol. The van der Waals surface area contributed by atoms with Crippen LogP contribution >= 0.6 is 8.25 Å². The summed E-state index contributed by atoms with van der Waals surface area (Å²) in [7, 11) is -2.52. The predicted octanol–water partition coefficient (Wildman–Crippen LogP) is 0.0826. The van der Waals surface area contributed by atoms with Crippen LogP contribution in [0.15, 0.2) is 12.5 Å². The number of hydrogen-bond donors (Lipinski definition) is 2. The Bertz CT molecular complexity index is 90.9. The van der Waals surface area contributed by atoms with Crippen LogP contribution in [0.2, 0.25) is 0 Å². The van der Waals surface area contributed by atoms with Crippen LogP contribution in [0.4, 0.5) is 0 Å². The smallest absolute Gasteiger partial charge is 0.402 e. The Hall–Kier alpha value is -0.600. The van der Waals surface area contributed by atoms with Crippen LogP contribution in [-0.2, 0) is 9.09 Å². The minimum absolute atomic E-state index is 0.943. The molecule has 5 heteroatoms. The van der Waals surface area contributed by atoms with Crippen molar-refractivity contribution in [2.45, 2.75) is 0 Å². The Kier molecular flexibility index (Phi) is 3.28. The maximum absolute atomic E-state index is 9.58. The van der Waals surface area contributed by atoms with Gasteiger partial charge in [-0.25, -0.2) is 4.52 Å². The molecule has 0 radical (unpaired) electrons. The number of nitrogens with two attached hydrogens (primary N) is 1. The highest BCUT2D eigenvalue weighted by atomic mass is 31.1. The summed E-state index contributed by atoms with van der Waals surface area (Å²) >= 11 is 0. The third kappa shape index (κ3) is 5.40. The van der Waals surface area contributed by atoms with Crippen molar-refractivity contribution < 1.29 is 14.0 Å². The highest BCUT2D eigenvalue weighted by molar-refractivity contribution is 7.32. The van der Waals surface area contributed by atoms with E-state index in [4.69, 9.17) is 10.6 Å². The summed E-state index contributed by atoms with van der Waals surface area (Å²) < 4.78 is 13.5. The van der Waals surface area contributed by atoms with Gasteiger partial charge in [-0.1, -0.05) is 0 Å². The summed E-state index contributed by atoms with van der Waals surface area (Å²) in [6.07, 6.45) is 1.97. The lowest BCUT2D eigenvalue weighted by Gasteiger charge is -1.68. The van der Waals surface area contributed by atoms with Gasteiger partial charge >= 0.3 is 8.25 Å². The van der Waals surface area contributed by atoms with Crippen LogP contribution in [0.25, 0.3) is 0 Å². The summed E-state index contributed by atoms with van der Waals surface area (Å²) in [6, 6.07) is 0. The van der Waals surface area contributed by atoms with Gasteiger partial charge in [-0.15, -0.1) is 4.89 Å². The first-order valence-corrected chi connectivity index (χ1v) is 2.60. The molecular weight excluding hydrogens is 117 g/mol. The van der Waals surface area contributed by atoms with Gasteiger partial charge in [0.05, 0.1) is 0 Å². The number of rotatable bonds is 2. The van der Waals surface area contributed by atoms with Gasteiger partial charge in [-0.3, -0.25) is 0 Å². The fourth-order valence-corrected chi connectivity index (χ4v) is 0.262. The quantitative estimate of drug-likeness (QED) is 0.402. The zero-order valence-electron chi connectivity index (χ0n) is 3.44. The van der Waals surface area contributed by atoms with Gasteiger partial charge in [-0.05, 0) is 0 Å². The predicted molar refractivity (Wildman–Crippen MR) is 24.2 cm³/mol. The van der Waals surface area contributed by atoms with E-state index < -0.39 is 8.25 Å². The molecule has 3 N–H and O–H groups in total. The summed E-state index contributed by atoms with van der Waals surface area (Å²) in [4.78, 5) is 7.86. The summed E-state index contributed by atoms with van der Waals surface area (Å²) in [5.41, 5.74) is 4.73. The van der Waals surface area contributed by atoms with Crippen LogP contribution in [0.3, 0.4) is 0 Å². The normalized spacial score (nSPS) is 11.9. The van der Waals surface area contributed by atoms with Gasteiger partial charge in [0.15, 0.2) is 6.26 Å². The van der Waals surface area contributed by atoms with E-state index >= 15 is 0 Å². The van der Waals surface area contributed by atoms with Crippen molar-refractivity contribution >= 4 is 8.25 Å². The van der Waals surface area contributed by atoms with E-state index in [0.29, 0.717) is 0 Å². The molecule has 0 saturated carbocycles. The summed E-state index contributed by atoms with van der Waals surface area (Å²) in [6.45, 7) is 0. The molecule has 0 fully saturated rings. The third-order valence-electron chi connectivity index (χ3n) is 0.230. The lowest BCUT2D eigenvalue weighted by molar-refractivity contribution is 0.377. The fraction of sp³-hybridized carbons (Fsp3) is 0. The number of hydrogen-bond acceptors (Lipinski definition) is 3. The molecule has 0 rings (SSSR count). The Morgan fingerprint density at radius 2 is 2.43 bits per heavy atom. The highest BCUT2D eigenvalue weighted by Gasteiger charge is 2.06. The Balaban J connectivity index is 3.14. The van der Waals surface area contributed by atoms with Gasteiger partial charge in [0.1, 0.15) is 0 Å². The van der Waals surface area contributed by atoms with Gasteiger partial charge in [-0.2, -0.15) is 0 Å². The van der Waals surface area contributed by atoms with E-state index in [2.05, 4.69) is 4.52 Å². The molecule has 0 spiro atoms. The molecule has 4 nitrogen and oxygen atoms in total. The van der Waals surface area contributed by atoms with Crippen molar-refractivity contribution in [1.29, 1.82) is 0 Å². The minimum atomic E-state index is -2.52. The Labute approximate surface area is 41.5 Å². The van der Waals surface area contributed by atoms with Crippen LogP contribution in [-0.4, -0.2) is 4.89 Å². The fourth-order valence-electron chi connectivity index (χ4n) is 0.0872. The Morgan fingerprint density at radius 3 is 2.57 bits per heavy atom. The van der Waals surface area contributed by atoms with Crippen molar-refractivity contribution in [3.63, 3.8) is 0 Å². The van der Waals surface area contributed by atoms with Gasteiger partial charge in [0, 0.05) is 10.8 Å². The van der Waals surface area contributed by atoms with Crippen molar-refractivity contribution in [2.75, 3.05) is 0 Å². The molecule has 0 aromatic rings.